The van der Waals surface area contributed by atoms with E-state index in [2.05, 4.69) is 46.9 Å². The van der Waals surface area contributed by atoms with E-state index in [9.17, 15) is 0 Å². The van der Waals surface area contributed by atoms with Crippen LogP contribution < -0.4 is 0 Å². The summed E-state index contributed by atoms with van der Waals surface area (Å²) in [7, 11) is -0.662. The smallest absolute Gasteiger partial charge is 0.0619 e. The molecule has 0 atom stereocenters. The molecule has 62 valence electrons. The molecule has 0 radical (unpaired) electrons. The summed E-state index contributed by atoms with van der Waals surface area (Å²) >= 11 is 0. The van der Waals surface area contributed by atoms with Crippen molar-refractivity contribution in [3.05, 3.63) is 0 Å². The van der Waals surface area contributed by atoms with Crippen LogP contribution in [0.15, 0.2) is 0 Å². The minimum atomic E-state index is -0.662. The van der Waals surface area contributed by atoms with Crippen LogP contribution in [0.1, 0.15) is 6.92 Å². The molecular weight excluding hydrogens is 158 g/mol. The Labute approximate surface area is 66.7 Å². The van der Waals surface area contributed by atoms with Crippen LogP contribution in [0, 0.1) is 0 Å². The summed E-state index contributed by atoms with van der Waals surface area (Å²) in [6, 6.07) is 0. The fourth-order valence-electron chi connectivity index (χ4n) is 0.900. The molecule has 0 amide bonds. The van der Waals surface area contributed by atoms with E-state index in [0.717, 1.165) is 0 Å². The largest absolute Gasteiger partial charge is 0.0754 e. The highest BCUT2D eigenvalue weighted by Crippen LogP contribution is 2.57. The molecule has 0 heterocycles. The standard InChI is InChI=1S/C8H21P2/c1-8(9(2,3)4)10(5,6)7/h1-7H3/q+1. The lowest BCUT2D eigenvalue weighted by Crippen LogP contribution is -2.00. The molecule has 0 nitrogen and oxygen atoms in total. The minimum absolute atomic E-state index is 0.662. The van der Waals surface area contributed by atoms with Gasteiger partial charge in [-0.15, -0.1) is 0 Å². The maximum Gasteiger partial charge on any atom is 0.0619 e. The fourth-order valence-corrected chi connectivity index (χ4v) is 8.10. The first-order valence-corrected chi connectivity index (χ1v) is 9.89. The Morgan fingerprint density at radius 2 is 1.30 bits per heavy atom. The second kappa shape index (κ2) is 3.00. The van der Waals surface area contributed by atoms with E-state index in [1.807, 2.05) is 0 Å². The van der Waals surface area contributed by atoms with Crippen molar-refractivity contribution in [3.8, 4) is 0 Å². The summed E-state index contributed by atoms with van der Waals surface area (Å²) in [6.45, 7) is 16.1. The Morgan fingerprint density at radius 3 is 1.30 bits per heavy atom. The molecule has 0 aliphatic rings. The number of rotatable bonds is 1. The molecule has 0 fully saturated rings. The highest BCUT2D eigenvalue weighted by molar-refractivity contribution is 8.02. The molecule has 0 saturated heterocycles. The van der Waals surface area contributed by atoms with Gasteiger partial charge in [0, 0.05) is 7.26 Å². The van der Waals surface area contributed by atoms with Gasteiger partial charge in [-0.05, 0) is 26.9 Å². The first kappa shape index (κ1) is 10.7. The summed E-state index contributed by atoms with van der Waals surface area (Å²) in [4.78, 5) is 0. The lowest BCUT2D eigenvalue weighted by molar-refractivity contribution is 1.95. The van der Waals surface area contributed by atoms with Gasteiger partial charge in [0.15, 0.2) is 0 Å². The highest BCUT2D eigenvalue weighted by Gasteiger charge is 2.24. The lowest BCUT2D eigenvalue weighted by Gasteiger charge is -2.19. The molecule has 0 bridgehead atoms. The zero-order valence-electron chi connectivity index (χ0n) is 8.39. The van der Waals surface area contributed by atoms with Crippen LogP contribution in [0.2, 0.25) is 0 Å². The van der Waals surface area contributed by atoms with Crippen LogP contribution in [0.3, 0.4) is 0 Å². The Hall–Kier alpha value is 0.730. The Morgan fingerprint density at radius 1 is 1.00 bits per heavy atom. The van der Waals surface area contributed by atoms with Gasteiger partial charge in [-0.2, -0.15) is 0 Å². The summed E-state index contributed by atoms with van der Waals surface area (Å²) in [5.74, 6) is 0. The molecule has 0 saturated carbocycles. The third-order valence-corrected chi connectivity index (χ3v) is 9.42. The van der Waals surface area contributed by atoms with Crippen molar-refractivity contribution in [2.75, 3.05) is 40.0 Å². The zero-order valence-corrected chi connectivity index (χ0v) is 10.2. The molecule has 0 aliphatic heterocycles. The van der Waals surface area contributed by atoms with Crippen molar-refractivity contribution in [2.45, 2.75) is 6.92 Å². The third-order valence-electron chi connectivity index (χ3n) is 1.94. The van der Waals surface area contributed by atoms with E-state index in [0.29, 0.717) is 0 Å². The third kappa shape index (κ3) is 3.22. The van der Waals surface area contributed by atoms with Gasteiger partial charge in [0.2, 0.25) is 0 Å². The average Bonchev–Trinajstić information content (AvgIpc) is 1.59. The van der Waals surface area contributed by atoms with Gasteiger partial charge in [0.25, 0.3) is 0 Å². The highest BCUT2D eigenvalue weighted by atomic mass is 31.2. The van der Waals surface area contributed by atoms with Crippen molar-refractivity contribution in [3.63, 3.8) is 0 Å². The van der Waals surface area contributed by atoms with E-state index in [-0.39, 0.29) is 0 Å². The number of hydrogen-bond acceptors (Lipinski definition) is 0. The SMILES string of the molecule is CC(=P(C)(C)C)[P+](C)(C)C. The van der Waals surface area contributed by atoms with E-state index >= 15 is 0 Å². The molecule has 2 heteroatoms. The molecule has 0 aliphatic carbocycles. The summed E-state index contributed by atoms with van der Waals surface area (Å²) in [6.07, 6.45) is 0. The van der Waals surface area contributed by atoms with E-state index in [4.69, 9.17) is 0 Å². The molecule has 0 aromatic rings. The molecule has 0 N–H and O–H groups in total. The van der Waals surface area contributed by atoms with E-state index in [1.54, 1.807) is 5.03 Å². The van der Waals surface area contributed by atoms with Crippen molar-refractivity contribution < 1.29 is 0 Å². The Bertz CT molecular complexity index is 158. The van der Waals surface area contributed by atoms with Gasteiger partial charge in [0.05, 0.1) is 25.0 Å². The van der Waals surface area contributed by atoms with Gasteiger partial charge in [-0.1, -0.05) is 6.89 Å². The molecule has 0 unspecified atom stereocenters. The van der Waals surface area contributed by atoms with Crippen molar-refractivity contribution in [1.82, 2.24) is 0 Å². The first-order chi connectivity index (χ1) is 4.15. The fraction of sp³-hybridized carbons (Fsp3) is 0.875. The second-order valence-electron chi connectivity index (χ2n) is 4.57. The van der Waals surface area contributed by atoms with Crippen LogP contribution in [0.5, 0.6) is 0 Å². The van der Waals surface area contributed by atoms with Crippen LogP contribution in [-0.2, 0) is 0 Å². The predicted molar refractivity (Wildman–Crippen MR) is 60.1 cm³/mol. The van der Waals surface area contributed by atoms with Gasteiger partial charge in [-0.3, -0.25) is 0 Å². The Balaban J connectivity index is 4.85. The van der Waals surface area contributed by atoms with Gasteiger partial charge < -0.3 is 0 Å². The van der Waals surface area contributed by atoms with Gasteiger partial charge >= 0.3 is 0 Å². The first-order valence-electron chi connectivity index (χ1n) is 3.63. The topological polar surface area (TPSA) is 0 Å². The maximum atomic E-state index is 2.41. The van der Waals surface area contributed by atoms with Crippen LogP contribution in [0.4, 0.5) is 0 Å². The second-order valence-corrected chi connectivity index (χ2v) is 14.3. The molecule has 0 aromatic heterocycles. The van der Waals surface area contributed by atoms with Crippen LogP contribution in [0.25, 0.3) is 0 Å². The average molecular weight is 179 g/mol. The van der Waals surface area contributed by atoms with Crippen LogP contribution >= 0.6 is 14.1 Å². The lowest BCUT2D eigenvalue weighted by atomic mass is 11.0. The summed E-state index contributed by atoms with van der Waals surface area (Å²) in [5.41, 5.74) is 0. The maximum absolute atomic E-state index is 2.41. The van der Waals surface area contributed by atoms with Gasteiger partial charge in [-0.25, -0.2) is 0 Å². The predicted octanol–water partition coefficient (Wildman–Crippen LogP) is 2.95. The van der Waals surface area contributed by atoms with Crippen molar-refractivity contribution in [2.24, 2.45) is 0 Å². The molecule has 0 rings (SSSR count). The minimum Gasteiger partial charge on any atom is -0.0754 e. The summed E-state index contributed by atoms with van der Waals surface area (Å²) in [5, 5.41) is 1.79. The Kier molecular flexibility index (Phi) is 3.22. The number of hydrogen-bond donors (Lipinski definition) is 0. The quantitative estimate of drug-likeness (QED) is 0.543. The zero-order chi connectivity index (χ0) is 8.58. The van der Waals surface area contributed by atoms with E-state index < -0.39 is 14.1 Å². The van der Waals surface area contributed by atoms with Gasteiger partial charge in [0.1, 0.15) is 0 Å². The van der Waals surface area contributed by atoms with E-state index in [1.165, 1.54) is 0 Å². The molecule has 0 aromatic carbocycles. The van der Waals surface area contributed by atoms with Crippen molar-refractivity contribution in [1.29, 1.82) is 0 Å². The summed E-state index contributed by atoms with van der Waals surface area (Å²) < 4.78 is 0. The molecule has 0 spiro atoms. The molecule has 10 heavy (non-hydrogen) atoms. The molecular formula is C8H21P2+. The normalized spacial score (nSPS) is 13.5. The van der Waals surface area contributed by atoms with Crippen molar-refractivity contribution >= 4 is 19.2 Å². The monoisotopic (exact) mass is 179 g/mol. The van der Waals surface area contributed by atoms with Crippen LogP contribution in [-0.4, -0.2) is 45.0 Å².